The van der Waals surface area contributed by atoms with Crippen LogP contribution in [0.1, 0.15) is 11.4 Å². The third-order valence-corrected chi connectivity index (χ3v) is 4.37. The van der Waals surface area contributed by atoms with Crippen LogP contribution in [0.15, 0.2) is 35.4 Å². The van der Waals surface area contributed by atoms with E-state index in [0.29, 0.717) is 20.5 Å². The number of nitrogens with zero attached hydrogens (tertiary/aromatic N) is 2. The molecule has 2 rings (SSSR count). The quantitative estimate of drug-likeness (QED) is 0.379. The zero-order valence-electron chi connectivity index (χ0n) is 10.6. The van der Waals surface area contributed by atoms with Gasteiger partial charge in [-0.05, 0) is 0 Å². The van der Waals surface area contributed by atoms with Crippen LogP contribution in [0.4, 0.5) is 15.2 Å². The van der Waals surface area contributed by atoms with Gasteiger partial charge in [-0.15, -0.1) is 0 Å². The van der Waals surface area contributed by atoms with Gasteiger partial charge >= 0.3 is 121 Å². The molecule has 1 heterocycles. The number of para-hydroxylation sites is 1. The van der Waals surface area contributed by atoms with Gasteiger partial charge in [0, 0.05) is 0 Å². The van der Waals surface area contributed by atoms with E-state index < -0.39 is 6.03 Å². The first-order chi connectivity index (χ1) is 9.56. The number of urea groups is 1. The van der Waals surface area contributed by atoms with Crippen LogP contribution in [0.3, 0.4) is 0 Å². The molecular weight excluding hydrogens is 325 g/mol. The van der Waals surface area contributed by atoms with Crippen molar-refractivity contribution >= 4 is 36.6 Å². The number of anilines is 2. The molecule has 20 heavy (non-hydrogen) atoms. The van der Waals surface area contributed by atoms with E-state index in [1.54, 1.807) is 19.1 Å². The second-order valence-electron chi connectivity index (χ2n) is 3.83. The minimum absolute atomic E-state index is 0.131. The molecule has 2 aromatic rings. The zero-order chi connectivity index (χ0) is 14.5. The molecule has 0 atom stereocenters. The second-order valence-corrected chi connectivity index (χ2v) is 6.00. The van der Waals surface area contributed by atoms with E-state index in [1.165, 1.54) is 0 Å². The van der Waals surface area contributed by atoms with Crippen molar-refractivity contribution in [2.75, 3.05) is 11.1 Å². The fourth-order valence-electron chi connectivity index (χ4n) is 1.43. The summed E-state index contributed by atoms with van der Waals surface area (Å²) in [5.74, 6) is -0.131. The zero-order valence-corrected chi connectivity index (χ0v) is 12.3. The summed E-state index contributed by atoms with van der Waals surface area (Å²) >= 11 is -0.255. The number of rotatable bonds is 3. The Balaban J connectivity index is 1.98. The van der Waals surface area contributed by atoms with E-state index in [9.17, 15) is 9.90 Å². The van der Waals surface area contributed by atoms with Gasteiger partial charge in [-0.3, -0.25) is 0 Å². The van der Waals surface area contributed by atoms with Gasteiger partial charge in [-0.1, -0.05) is 0 Å². The van der Waals surface area contributed by atoms with E-state index in [0.717, 1.165) is 0 Å². The Hall–Kier alpha value is -2.31. The molecule has 0 aliphatic rings. The van der Waals surface area contributed by atoms with E-state index in [2.05, 4.69) is 20.8 Å². The fourth-order valence-corrected chi connectivity index (χ4v) is 2.84. The Morgan fingerprint density at radius 1 is 1.40 bits per heavy atom. The van der Waals surface area contributed by atoms with Gasteiger partial charge in [0.2, 0.25) is 0 Å². The summed E-state index contributed by atoms with van der Waals surface area (Å²) in [5, 5.41) is 16.1. The molecule has 0 spiro atoms. The number of hydrazone groups is 1. The SMILES string of the molecule is C/C(=N\NC(=O)Nc1ccccc1)c1[se]c(N)nc1O. The number of nitrogens with two attached hydrogens (primary N) is 1. The minimum atomic E-state index is -0.463. The molecule has 0 bridgehead atoms. The summed E-state index contributed by atoms with van der Waals surface area (Å²) in [6, 6.07) is 8.54. The second kappa shape index (κ2) is 6.23. The van der Waals surface area contributed by atoms with Crippen LogP contribution >= 0.6 is 0 Å². The van der Waals surface area contributed by atoms with E-state index >= 15 is 0 Å². The van der Waals surface area contributed by atoms with Crippen molar-refractivity contribution in [3.63, 3.8) is 0 Å². The molecule has 0 unspecified atom stereocenters. The number of hydrogen-bond acceptors (Lipinski definition) is 5. The summed E-state index contributed by atoms with van der Waals surface area (Å²) in [5.41, 5.74) is 9.03. The summed E-state index contributed by atoms with van der Waals surface area (Å²) < 4.78 is 0.947. The third-order valence-electron chi connectivity index (χ3n) is 2.31. The first-order valence-electron chi connectivity index (χ1n) is 5.68. The number of aromatic hydroxyl groups is 1. The van der Waals surface area contributed by atoms with Gasteiger partial charge < -0.3 is 0 Å². The maximum absolute atomic E-state index is 11.6. The molecule has 1 aromatic heterocycles. The van der Waals surface area contributed by atoms with Crippen molar-refractivity contribution in [1.29, 1.82) is 0 Å². The van der Waals surface area contributed by atoms with Crippen LogP contribution in [0.25, 0.3) is 0 Å². The molecule has 2 amide bonds. The Morgan fingerprint density at radius 2 is 2.10 bits per heavy atom. The molecule has 104 valence electrons. The van der Waals surface area contributed by atoms with E-state index in [1.807, 2.05) is 18.2 Å². The van der Waals surface area contributed by atoms with Crippen LogP contribution in [0, 0.1) is 0 Å². The summed E-state index contributed by atoms with van der Waals surface area (Å²) in [7, 11) is 0. The van der Waals surface area contributed by atoms with E-state index in [-0.39, 0.29) is 20.4 Å². The number of benzene rings is 1. The first-order valence-corrected chi connectivity index (χ1v) is 7.39. The van der Waals surface area contributed by atoms with Crippen LogP contribution in [-0.4, -0.2) is 36.3 Å². The van der Waals surface area contributed by atoms with Gasteiger partial charge in [0.25, 0.3) is 0 Å². The number of carbonyl (C=O) groups excluding carboxylic acids is 1. The molecule has 0 saturated heterocycles. The summed E-state index contributed by atoms with van der Waals surface area (Å²) in [6.45, 7) is 1.67. The van der Waals surface area contributed by atoms with Gasteiger partial charge in [0.15, 0.2) is 0 Å². The standard InChI is InChI=1S/C12H13N5O2Se/c1-7(9-10(18)15-11(13)20-9)16-17-12(19)14-8-5-3-2-4-6-8/h2-6,18H,1H3,(H2,13,15)(H2,14,17,19)/b16-7+. The Bertz CT molecular complexity index is 639. The van der Waals surface area contributed by atoms with E-state index in [4.69, 9.17) is 5.73 Å². The average Bonchev–Trinajstić information content (AvgIpc) is 2.76. The van der Waals surface area contributed by atoms with Crippen molar-refractivity contribution < 1.29 is 9.90 Å². The number of carbonyl (C=O) groups is 1. The van der Waals surface area contributed by atoms with Crippen LogP contribution in [0.5, 0.6) is 5.88 Å². The molecule has 0 saturated carbocycles. The van der Waals surface area contributed by atoms with Gasteiger partial charge in [-0.2, -0.15) is 0 Å². The van der Waals surface area contributed by atoms with Crippen LogP contribution in [0.2, 0.25) is 0 Å². The Morgan fingerprint density at radius 3 is 2.70 bits per heavy atom. The monoisotopic (exact) mass is 339 g/mol. The number of nitrogens with one attached hydrogen (secondary N) is 2. The first kappa shape index (κ1) is 14.1. The maximum atomic E-state index is 11.6. The molecular formula is C12H13N5O2Se. The third kappa shape index (κ3) is 3.59. The van der Waals surface area contributed by atoms with Crippen molar-refractivity contribution in [2.45, 2.75) is 6.92 Å². The molecule has 5 N–H and O–H groups in total. The summed E-state index contributed by atoms with van der Waals surface area (Å²) in [6.07, 6.45) is 0. The number of aromatic nitrogens is 1. The van der Waals surface area contributed by atoms with Gasteiger partial charge in [0.1, 0.15) is 0 Å². The molecule has 8 heteroatoms. The topological polar surface area (TPSA) is 113 Å². The molecule has 0 aliphatic carbocycles. The molecule has 0 radical (unpaired) electrons. The number of nitrogen functional groups attached to an aromatic ring is 1. The Kier molecular flexibility index (Phi) is 4.39. The molecule has 0 aliphatic heterocycles. The Labute approximate surface area is 121 Å². The normalized spacial score (nSPS) is 11.2. The molecule has 7 nitrogen and oxygen atoms in total. The van der Waals surface area contributed by atoms with Crippen LogP contribution < -0.4 is 16.5 Å². The van der Waals surface area contributed by atoms with Crippen molar-refractivity contribution in [3.05, 3.63) is 34.8 Å². The fraction of sp³-hybridized carbons (Fsp3) is 0.0833. The predicted octanol–water partition coefficient (Wildman–Crippen LogP) is 0.972. The van der Waals surface area contributed by atoms with Crippen molar-refractivity contribution in [3.8, 4) is 5.88 Å². The summed E-state index contributed by atoms with van der Waals surface area (Å²) in [4.78, 5) is 15.4. The van der Waals surface area contributed by atoms with Crippen molar-refractivity contribution in [2.24, 2.45) is 5.10 Å². The van der Waals surface area contributed by atoms with Crippen molar-refractivity contribution in [1.82, 2.24) is 10.4 Å². The van der Waals surface area contributed by atoms with Gasteiger partial charge in [-0.25, -0.2) is 0 Å². The van der Waals surface area contributed by atoms with Crippen LogP contribution in [-0.2, 0) is 0 Å². The van der Waals surface area contributed by atoms with Gasteiger partial charge in [0.05, 0.1) is 0 Å². The number of amides is 2. The molecule has 1 aromatic carbocycles. The number of hydrogen-bond donors (Lipinski definition) is 4. The predicted molar refractivity (Wildman–Crippen MR) is 78.1 cm³/mol. The molecule has 0 fully saturated rings. The average molecular weight is 338 g/mol.